The van der Waals surface area contributed by atoms with Crippen LogP contribution in [0.1, 0.15) is 28.3 Å². The highest BCUT2D eigenvalue weighted by Crippen LogP contribution is 2.37. The SMILES string of the molecule is COc1cc(C)c2c(ccn2S(=O)(=O)c2ccc(C)cc2)c1CN1CCN(C)CC1c1ccc2c(=O)[nH]n(C)c2c1. The Kier molecular flexibility index (Phi) is 6.80. The number of piperazine rings is 1. The summed E-state index contributed by atoms with van der Waals surface area (Å²) in [5.41, 5.74) is 5.35. The molecule has 10 heteroatoms. The number of fused-ring (bicyclic) bond motifs is 2. The number of methoxy groups -OCH3 is 1. The van der Waals surface area contributed by atoms with Gasteiger partial charge in [-0.3, -0.25) is 19.5 Å². The number of aromatic nitrogens is 3. The smallest absolute Gasteiger partial charge is 0.271 e. The molecule has 1 N–H and O–H groups in total. The van der Waals surface area contributed by atoms with Gasteiger partial charge in [-0.25, -0.2) is 12.4 Å². The average molecular weight is 574 g/mol. The van der Waals surface area contributed by atoms with E-state index in [1.54, 1.807) is 30.1 Å². The number of nitrogens with zero attached hydrogens (tertiary/aromatic N) is 4. The van der Waals surface area contributed by atoms with Crippen molar-refractivity contribution in [1.82, 2.24) is 23.6 Å². The van der Waals surface area contributed by atoms with Crippen molar-refractivity contribution in [2.24, 2.45) is 7.05 Å². The minimum absolute atomic E-state index is 0.0718. The summed E-state index contributed by atoms with van der Waals surface area (Å²) in [6.45, 7) is 6.99. The molecule has 1 aliphatic heterocycles. The van der Waals surface area contributed by atoms with Gasteiger partial charge in [0, 0.05) is 56.4 Å². The summed E-state index contributed by atoms with van der Waals surface area (Å²) >= 11 is 0. The molecule has 1 aliphatic rings. The van der Waals surface area contributed by atoms with Crippen LogP contribution < -0.4 is 10.3 Å². The van der Waals surface area contributed by atoms with Crippen LogP contribution >= 0.6 is 0 Å². The van der Waals surface area contributed by atoms with Crippen LogP contribution in [0.3, 0.4) is 0 Å². The van der Waals surface area contributed by atoms with Gasteiger partial charge in [-0.15, -0.1) is 0 Å². The minimum Gasteiger partial charge on any atom is -0.496 e. The van der Waals surface area contributed by atoms with E-state index in [0.29, 0.717) is 17.4 Å². The van der Waals surface area contributed by atoms with Crippen LogP contribution in [0.4, 0.5) is 0 Å². The second-order valence-corrected chi connectivity index (χ2v) is 12.9. The van der Waals surface area contributed by atoms with Crippen molar-refractivity contribution in [1.29, 1.82) is 0 Å². The van der Waals surface area contributed by atoms with Crippen molar-refractivity contribution in [3.05, 3.63) is 93.4 Å². The monoisotopic (exact) mass is 573 g/mol. The molecule has 0 saturated carbocycles. The normalized spacial score (nSPS) is 17.0. The fraction of sp³-hybridized carbons (Fsp3) is 0.323. The zero-order valence-electron chi connectivity index (χ0n) is 24.0. The lowest BCUT2D eigenvalue weighted by molar-refractivity contribution is 0.0831. The Morgan fingerprint density at radius 2 is 1.73 bits per heavy atom. The number of aryl methyl sites for hydroxylation is 3. The molecule has 0 spiro atoms. The quantitative estimate of drug-likeness (QED) is 0.328. The Hall–Kier alpha value is -3.86. The first kappa shape index (κ1) is 27.3. The topological polar surface area (TPSA) is 92.6 Å². The van der Waals surface area contributed by atoms with Crippen molar-refractivity contribution in [3.63, 3.8) is 0 Å². The van der Waals surface area contributed by atoms with Crippen LogP contribution in [0.15, 0.2) is 70.5 Å². The standard InChI is InChI=1S/C31H35N5O4S/c1-20-6-9-23(10-7-20)41(38,39)36-13-12-24-26(29(40-5)16-21(2)30(24)36)18-35-15-14-33(3)19-28(35)22-8-11-25-27(17-22)34(4)32-31(25)37/h6-13,16-17,28H,14-15,18-19H2,1-5H3,(H,32,37). The summed E-state index contributed by atoms with van der Waals surface area (Å²) in [6, 6.07) is 16.9. The van der Waals surface area contributed by atoms with Gasteiger partial charge in [0.15, 0.2) is 0 Å². The number of hydrogen-bond acceptors (Lipinski definition) is 6. The second-order valence-electron chi connectivity index (χ2n) is 11.1. The first-order valence-electron chi connectivity index (χ1n) is 13.7. The number of benzene rings is 3. The van der Waals surface area contributed by atoms with E-state index in [1.807, 2.05) is 57.3 Å². The number of aromatic amines is 1. The molecule has 0 aliphatic carbocycles. The summed E-state index contributed by atoms with van der Waals surface area (Å²) in [6.07, 6.45) is 1.65. The largest absolute Gasteiger partial charge is 0.496 e. The highest BCUT2D eigenvalue weighted by atomic mass is 32.2. The van der Waals surface area contributed by atoms with Gasteiger partial charge in [-0.05, 0) is 68.4 Å². The molecule has 0 bridgehead atoms. The van der Waals surface area contributed by atoms with E-state index in [2.05, 4.69) is 28.0 Å². The van der Waals surface area contributed by atoms with Crippen molar-refractivity contribution in [2.75, 3.05) is 33.8 Å². The maximum absolute atomic E-state index is 13.7. The number of H-pyrrole nitrogens is 1. The highest BCUT2D eigenvalue weighted by molar-refractivity contribution is 7.90. The third-order valence-corrected chi connectivity index (χ3v) is 10.0. The third kappa shape index (κ3) is 4.65. The van der Waals surface area contributed by atoms with E-state index in [1.165, 1.54) is 3.97 Å². The molecular weight excluding hydrogens is 538 g/mol. The molecule has 1 fully saturated rings. The molecule has 1 atom stereocenters. The van der Waals surface area contributed by atoms with Gasteiger partial charge in [0.25, 0.3) is 15.6 Å². The Morgan fingerprint density at radius 3 is 2.46 bits per heavy atom. The van der Waals surface area contributed by atoms with Gasteiger partial charge in [-0.2, -0.15) is 0 Å². The predicted molar refractivity (Wildman–Crippen MR) is 161 cm³/mol. The molecule has 214 valence electrons. The average Bonchev–Trinajstić information content (AvgIpc) is 3.53. The lowest BCUT2D eigenvalue weighted by Gasteiger charge is -2.40. The van der Waals surface area contributed by atoms with Gasteiger partial charge >= 0.3 is 0 Å². The fourth-order valence-electron chi connectivity index (χ4n) is 6.06. The Labute approximate surface area is 239 Å². The molecule has 41 heavy (non-hydrogen) atoms. The maximum Gasteiger partial charge on any atom is 0.271 e. The Balaban J connectivity index is 1.44. The summed E-state index contributed by atoms with van der Waals surface area (Å²) in [5.74, 6) is 0.738. The molecule has 2 aromatic heterocycles. The van der Waals surface area contributed by atoms with E-state index in [0.717, 1.165) is 58.5 Å². The van der Waals surface area contributed by atoms with Crippen molar-refractivity contribution in [3.8, 4) is 5.75 Å². The van der Waals surface area contributed by atoms with Crippen molar-refractivity contribution < 1.29 is 13.2 Å². The van der Waals surface area contributed by atoms with E-state index in [4.69, 9.17) is 4.74 Å². The van der Waals surface area contributed by atoms with Gasteiger partial charge in [0.1, 0.15) is 5.75 Å². The number of rotatable bonds is 6. The van der Waals surface area contributed by atoms with Crippen LogP contribution in [0.5, 0.6) is 5.75 Å². The Bertz CT molecular complexity index is 1940. The molecule has 1 unspecified atom stereocenters. The predicted octanol–water partition coefficient (Wildman–Crippen LogP) is 4.17. The van der Waals surface area contributed by atoms with Crippen LogP contribution in [0.2, 0.25) is 0 Å². The molecule has 3 aromatic carbocycles. The van der Waals surface area contributed by atoms with Crippen LogP contribution in [0.25, 0.3) is 21.8 Å². The van der Waals surface area contributed by atoms with Crippen LogP contribution in [-0.4, -0.2) is 65.8 Å². The van der Waals surface area contributed by atoms with Crippen LogP contribution in [-0.2, 0) is 23.6 Å². The number of ether oxygens (including phenoxy) is 1. The fourth-order valence-corrected chi connectivity index (χ4v) is 7.47. The van der Waals surface area contributed by atoms with Gasteiger partial charge in [0.2, 0.25) is 0 Å². The van der Waals surface area contributed by atoms with E-state index in [-0.39, 0.29) is 16.5 Å². The lowest BCUT2D eigenvalue weighted by atomic mass is 9.98. The zero-order valence-corrected chi connectivity index (χ0v) is 24.8. The second kappa shape index (κ2) is 10.2. The molecule has 3 heterocycles. The van der Waals surface area contributed by atoms with Crippen molar-refractivity contribution in [2.45, 2.75) is 31.3 Å². The van der Waals surface area contributed by atoms with E-state index >= 15 is 0 Å². The molecule has 9 nitrogen and oxygen atoms in total. The molecule has 6 rings (SSSR count). The van der Waals surface area contributed by atoms with E-state index < -0.39 is 10.0 Å². The van der Waals surface area contributed by atoms with E-state index in [9.17, 15) is 13.2 Å². The zero-order chi connectivity index (χ0) is 29.1. The highest BCUT2D eigenvalue weighted by Gasteiger charge is 2.30. The van der Waals surface area contributed by atoms with Crippen LogP contribution in [0, 0.1) is 13.8 Å². The van der Waals surface area contributed by atoms with Gasteiger partial charge in [0.05, 0.1) is 28.4 Å². The van der Waals surface area contributed by atoms with Crippen molar-refractivity contribution >= 4 is 31.8 Å². The van der Waals surface area contributed by atoms with Gasteiger partial charge in [-0.1, -0.05) is 23.8 Å². The third-order valence-electron chi connectivity index (χ3n) is 8.33. The number of nitrogens with one attached hydrogen (secondary N) is 1. The molecule has 5 aromatic rings. The summed E-state index contributed by atoms with van der Waals surface area (Å²) in [7, 11) is 1.84. The first-order valence-corrected chi connectivity index (χ1v) is 15.1. The molecule has 0 radical (unpaired) electrons. The number of likely N-dealkylation sites (N-methyl/N-ethyl adjacent to an activating group) is 1. The lowest BCUT2D eigenvalue weighted by Crippen LogP contribution is -2.46. The maximum atomic E-state index is 13.7. The number of hydrogen-bond donors (Lipinski definition) is 1. The minimum atomic E-state index is -3.79. The summed E-state index contributed by atoms with van der Waals surface area (Å²) in [5, 5.41) is 4.38. The Morgan fingerprint density at radius 1 is 0.976 bits per heavy atom. The summed E-state index contributed by atoms with van der Waals surface area (Å²) < 4.78 is 36.5. The summed E-state index contributed by atoms with van der Waals surface area (Å²) in [4.78, 5) is 17.3. The molecule has 1 saturated heterocycles. The molecular formula is C31H35N5O4S. The van der Waals surface area contributed by atoms with Gasteiger partial charge < -0.3 is 9.64 Å². The first-order chi connectivity index (χ1) is 19.6. The molecule has 0 amide bonds.